The smallest absolute Gasteiger partial charge is 0.307 e. The predicted molar refractivity (Wildman–Crippen MR) is 87.6 cm³/mol. The summed E-state index contributed by atoms with van der Waals surface area (Å²) in [6.45, 7) is 1.91. The Balaban J connectivity index is 1.96. The number of carbonyl (C=O) groups excluding carboxylic acids is 2. The number of halogens is 1. The van der Waals surface area contributed by atoms with Gasteiger partial charge in [0, 0.05) is 10.0 Å². The molecule has 2 unspecified atom stereocenters. The zero-order valence-electron chi connectivity index (χ0n) is 12.8. The summed E-state index contributed by atoms with van der Waals surface area (Å²) in [5, 5.41) is 9.20. The van der Waals surface area contributed by atoms with Crippen LogP contribution in [0.1, 0.15) is 41.6 Å². The standard InChI is InChI=1S/C16H19BrN2O4/c1-9-6-7-10(8-13(9)17)14(20)18-19-15(21)11-4-2-3-5-12(11)16(22)23/h6-8,11-12H,2-5H2,1H3,(H,18,20)(H,19,21)(H,22,23). The van der Waals surface area contributed by atoms with Gasteiger partial charge in [0.1, 0.15) is 0 Å². The Labute approximate surface area is 142 Å². The molecule has 0 aliphatic heterocycles. The minimum Gasteiger partial charge on any atom is -0.481 e. The van der Waals surface area contributed by atoms with Crippen molar-refractivity contribution in [2.75, 3.05) is 0 Å². The van der Waals surface area contributed by atoms with E-state index < -0.39 is 29.6 Å². The molecule has 0 aromatic heterocycles. The molecule has 2 rings (SSSR count). The lowest BCUT2D eigenvalue weighted by Crippen LogP contribution is -2.47. The number of carboxylic acid groups (broad SMARTS) is 1. The Kier molecular flexibility index (Phi) is 5.76. The van der Waals surface area contributed by atoms with E-state index in [0.717, 1.165) is 22.9 Å². The molecule has 6 nitrogen and oxygen atoms in total. The summed E-state index contributed by atoms with van der Waals surface area (Å²) in [5.74, 6) is -3.14. The summed E-state index contributed by atoms with van der Waals surface area (Å²) < 4.78 is 0.801. The van der Waals surface area contributed by atoms with E-state index in [1.54, 1.807) is 18.2 Å². The van der Waals surface area contributed by atoms with Crippen molar-refractivity contribution in [3.63, 3.8) is 0 Å². The predicted octanol–water partition coefficient (Wildman–Crippen LogP) is 2.41. The number of benzene rings is 1. The molecule has 23 heavy (non-hydrogen) atoms. The van der Waals surface area contributed by atoms with E-state index in [1.165, 1.54) is 0 Å². The van der Waals surface area contributed by atoms with Crippen molar-refractivity contribution in [3.05, 3.63) is 33.8 Å². The summed E-state index contributed by atoms with van der Waals surface area (Å²) in [4.78, 5) is 35.4. The molecule has 1 saturated carbocycles. The van der Waals surface area contributed by atoms with E-state index >= 15 is 0 Å². The highest BCUT2D eigenvalue weighted by Crippen LogP contribution is 2.30. The fourth-order valence-electron chi connectivity index (χ4n) is 2.76. The van der Waals surface area contributed by atoms with Gasteiger partial charge >= 0.3 is 5.97 Å². The van der Waals surface area contributed by atoms with Crippen molar-refractivity contribution < 1.29 is 19.5 Å². The van der Waals surface area contributed by atoms with Crippen LogP contribution in [0.25, 0.3) is 0 Å². The lowest BCUT2D eigenvalue weighted by atomic mass is 9.79. The number of aryl methyl sites for hydroxylation is 1. The van der Waals surface area contributed by atoms with Gasteiger partial charge in [0.15, 0.2) is 0 Å². The number of nitrogens with one attached hydrogen (secondary N) is 2. The molecule has 3 N–H and O–H groups in total. The Morgan fingerprint density at radius 2 is 1.78 bits per heavy atom. The molecule has 0 bridgehead atoms. The molecule has 2 amide bonds. The van der Waals surface area contributed by atoms with Crippen molar-refractivity contribution in [1.82, 2.24) is 10.9 Å². The first-order chi connectivity index (χ1) is 10.9. The minimum atomic E-state index is -0.960. The third kappa shape index (κ3) is 4.31. The van der Waals surface area contributed by atoms with Crippen LogP contribution in [-0.4, -0.2) is 22.9 Å². The van der Waals surface area contributed by atoms with Crippen molar-refractivity contribution in [1.29, 1.82) is 0 Å². The number of carbonyl (C=O) groups is 3. The average Bonchev–Trinajstić information content (AvgIpc) is 2.54. The third-order valence-electron chi connectivity index (χ3n) is 4.15. The number of aliphatic carboxylic acids is 1. The van der Waals surface area contributed by atoms with Gasteiger partial charge in [-0.2, -0.15) is 0 Å². The molecular weight excluding hydrogens is 364 g/mol. The Morgan fingerprint density at radius 1 is 1.13 bits per heavy atom. The van der Waals surface area contributed by atoms with Crippen LogP contribution in [-0.2, 0) is 9.59 Å². The SMILES string of the molecule is Cc1ccc(C(=O)NNC(=O)C2CCCCC2C(=O)O)cc1Br. The molecule has 2 atom stereocenters. The lowest BCUT2D eigenvalue weighted by Gasteiger charge is -2.27. The second kappa shape index (κ2) is 7.59. The fraction of sp³-hybridized carbons (Fsp3) is 0.438. The van der Waals surface area contributed by atoms with Gasteiger partial charge in [0.25, 0.3) is 5.91 Å². The number of hydrogen-bond acceptors (Lipinski definition) is 3. The van der Waals surface area contributed by atoms with Gasteiger partial charge in [-0.05, 0) is 37.5 Å². The van der Waals surface area contributed by atoms with Gasteiger partial charge in [-0.1, -0.05) is 34.8 Å². The van der Waals surface area contributed by atoms with E-state index in [0.29, 0.717) is 18.4 Å². The summed E-state index contributed by atoms with van der Waals surface area (Å²) >= 11 is 3.35. The Hall–Kier alpha value is -1.89. The topological polar surface area (TPSA) is 95.5 Å². The normalized spacial score (nSPS) is 20.6. The van der Waals surface area contributed by atoms with E-state index in [4.69, 9.17) is 0 Å². The monoisotopic (exact) mass is 382 g/mol. The Bertz CT molecular complexity index is 633. The molecule has 0 spiro atoms. The maximum absolute atomic E-state index is 12.2. The maximum atomic E-state index is 12.2. The number of amides is 2. The summed E-state index contributed by atoms with van der Waals surface area (Å²) in [6, 6.07) is 5.11. The summed E-state index contributed by atoms with van der Waals surface area (Å²) in [7, 11) is 0. The highest BCUT2D eigenvalue weighted by Gasteiger charge is 2.35. The van der Waals surface area contributed by atoms with E-state index in [2.05, 4.69) is 26.8 Å². The van der Waals surface area contributed by atoms with Crippen LogP contribution >= 0.6 is 15.9 Å². The second-order valence-corrected chi connectivity index (χ2v) is 6.60. The Morgan fingerprint density at radius 3 is 2.39 bits per heavy atom. The van der Waals surface area contributed by atoms with Crippen LogP contribution in [0.5, 0.6) is 0 Å². The van der Waals surface area contributed by atoms with E-state index in [9.17, 15) is 19.5 Å². The molecule has 0 heterocycles. The first kappa shape index (κ1) is 17.5. The minimum absolute atomic E-state index is 0.404. The second-order valence-electron chi connectivity index (χ2n) is 5.74. The highest BCUT2D eigenvalue weighted by molar-refractivity contribution is 9.10. The average molecular weight is 383 g/mol. The number of carboxylic acids is 1. The van der Waals surface area contributed by atoms with Crippen LogP contribution in [0, 0.1) is 18.8 Å². The van der Waals surface area contributed by atoms with Crippen molar-refractivity contribution in [3.8, 4) is 0 Å². The van der Waals surface area contributed by atoms with Gasteiger partial charge in [-0.25, -0.2) is 0 Å². The molecule has 124 valence electrons. The van der Waals surface area contributed by atoms with Crippen LogP contribution in [0.3, 0.4) is 0 Å². The third-order valence-corrected chi connectivity index (χ3v) is 5.01. The molecule has 1 aromatic carbocycles. The molecule has 0 saturated heterocycles. The van der Waals surface area contributed by atoms with Gasteiger partial charge < -0.3 is 5.11 Å². The fourth-order valence-corrected chi connectivity index (χ4v) is 3.14. The van der Waals surface area contributed by atoms with Crippen LogP contribution in [0.2, 0.25) is 0 Å². The maximum Gasteiger partial charge on any atom is 0.307 e. The zero-order valence-corrected chi connectivity index (χ0v) is 14.4. The van der Waals surface area contributed by atoms with Gasteiger partial charge in [-0.15, -0.1) is 0 Å². The molecule has 1 aliphatic rings. The first-order valence-corrected chi connectivity index (χ1v) is 8.28. The van der Waals surface area contributed by atoms with Gasteiger partial charge in [0.05, 0.1) is 11.8 Å². The molecule has 0 radical (unpaired) electrons. The van der Waals surface area contributed by atoms with Crippen LogP contribution < -0.4 is 10.9 Å². The van der Waals surface area contributed by atoms with Gasteiger partial charge in [0.2, 0.25) is 5.91 Å². The molecule has 1 fully saturated rings. The van der Waals surface area contributed by atoms with E-state index in [1.807, 2.05) is 6.92 Å². The largest absolute Gasteiger partial charge is 0.481 e. The highest BCUT2D eigenvalue weighted by atomic mass is 79.9. The number of hydrogen-bond donors (Lipinski definition) is 3. The quantitative estimate of drug-likeness (QED) is 0.699. The molecule has 1 aliphatic carbocycles. The van der Waals surface area contributed by atoms with E-state index in [-0.39, 0.29) is 0 Å². The van der Waals surface area contributed by atoms with Crippen molar-refractivity contribution in [2.24, 2.45) is 11.8 Å². The molecular formula is C16H19BrN2O4. The van der Waals surface area contributed by atoms with Crippen molar-refractivity contribution in [2.45, 2.75) is 32.6 Å². The summed E-state index contributed by atoms with van der Waals surface area (Å²) in [5.41, 5.74) is 6.10. The zero-order chi connectivity index (χ0) is 17.0. The van der Waals surface area contributed by atoms with Crippen molar-refractivity contribution >= 4 is 33.7 Å². The molecule has 1 aromatic rings. The number of rotatable bonds is 3. The molecule has 7 heteroatoms. The summed E-state index contributed by atoms with van der Waals surface area (Å²) in [6.07, 6.45) is 2.65. The van der Waals surface area contributed by atoms with Gasteiger partial charge in [-0.3, -0.25) is 25.2 Å². The lowest BCUT2D eigenvalue weighted by molar-refractivity contribution is -0.149. The number of hydrazine groups is 1. The van der Waals surface area contributed by atoms with Crippen LogP contribution in [0.15, 0.2) is 22.7 Å². The first-order valence-electron chi connectivity index (χ1n) is 7.49. The van der Waals surface area contributed by atoms with Crippen LogP contribution in [0.4, 0.5) is 0 Å².